The summed E-state index contributed by atoms with van der Waals surface area (Å²) in [6, 6.07) is 3.68. The minimum absolute atomic E-state index is 0.158. The highest BCUT2D eigenvalue weighted by molar-refractivity contribution is 6.21. The van der Waals surface area contributed by atoms with Gasteiger partial charge in [-0.3, -0.25) is 0 Å². The Morgan fingerprint density at radius 2 is 1.60 bits per heavy atom. The van der Waals surface area contributed by atoms with E-state index in [1.165, 1.54) is 0 Å². The predicted molar refractivity (Wildman–Crippen MR) is 78.2 cm³/mol. The van der Waals surface area contributed by atoms with Crippen molar-refractivity contribution in [3.8, 4) is 17.2 Å². The van der Waals surface area contributed by atoms with Crippen molar-refractivity contribution in [3.05, 3.63) is 17.7 Å². The van der Waals surface area contributed by atoms with Crippen molar-refractivity contribution in [2.45, 2.75) is 18.2 Å². The van der Waals surface area contributed by atoms with E-state index in [9.17, 15) is 0 Å². The summed E-state index contributed by atoms with van der Waals surface area (Å²) in [5.41, 5.74) is 0.893. The van der Waals surface area contributed by atoms with E-state index < -0.39 is 0 Å². The minimum atomic E-state index is -0.158. The Labute approximate surface area is 124 Å². The van der Waals surface area contributed by atoms with Gasteiger partial charge < -0.3 is 18.9 Å². The number of alkyl halides is 1. The molecule has 0 aromatic heterocycles. The lowest BCUT2D eigenvalue weighted by molar-refractivity contribution is 0.0647. The molecule has 0 spiro atoms. The van der Waals surface area contributed by atoms with Crippen LogP contribution in [0.3, 0.4) is 0 Å². The van der Waals surface area contributed by atoms with Crippen LogP contribution in [0.4, 0.5) is 0 Å². The highest BCUT2D eigenvalue weighted by atomic mass is 35.5. The second-order valence-electron chi connectivity index (χ2n) is 4.80. The molecule has 112 valence electrons. The lowest BCUT2D eigenvalue weighted by atomic mass is 9.90. The van der Waals surface area contributed by atoms with E-state index in [2.05, 4.69) is 0 Å². The molecule has 0 saturated carbocycles. The van der Waals surface area contributed by atoms with E-state index in [1.54, 1.807) is 21.3 Å². The second-order valence-corrected chi connectivity index (χ2v) is 5.27. The van der Waals surface area contributed by atoms with E-state index in [4.69, 9.17) is 30.5 Å². The summed E-state index contributed by atoms with van der Waals surface area (Å²) in [6.45, 7) is 1.52. The topological polar surface area (TPSA) is 36.9 Å². The van der Waals surface area contributed by atoms with Gasteiger partial charge in [-0.2, -0.15) is 0 Å². The Kier molecular flexibility index (Phi) is 5.38. The molecule has 1 aliphatic rings. The maximum Gasteiger partial charge on any atom is 0.130 e. The largest absolute Gasteiger partial charge is 0.496 e. The fourth-order valence-electron chi connectivity index (χ4n) is 2.55. The molecule has 1 heterocycles. The van der Waals surface area contributed by atoms with Gasteiger partial charge in [-0.05, 0) is 18.8 Å². The Morgan fingerprint density at radius 1 is 1.05 bits per heavy atom. The first kappa shape index (κ1) is 15.3. The summed E-state index contributed by atoms with van der Waals surface area (Å²) in [6.07, 6.45) is 1.90. The molecule has 0 N–H and O–H groups in total. The van der Waals surface area contributed by atoms with Gasteiger partial charge in [0.05, 0.1) is 32.3 Å². The fourth-order valence-corrected chi connectivity index (χ4v) is 3.02. The van der Waals surface area contributed by atoms with Gasteiger partial charge in [0, 0.05) is 25.3 Å². The van der Waals surface area contributed by atoms with E-state index >= 15 is 0 Å². The van der Waals surface area contributed by atoms with E-state index in [1.807, 2.05) is 12.1 Å². The van der Waals surface area contributed by atoms with E-state index in [0.29, 0.717) is 23.2 Å². The summed E-state index contributed by atoms with van der Waals surface area (Å²) in [7, 11) is 4.88. The number of halogens is 1. The van der Waals surface area contributed by atoms with Crippen molar-refractivity contribution in [2.75, 3.05) is 34.5 Å². The summed E-state index contributed by atoms with van der Waals surface area (Å²) in [4.78, 5) is 0. The van der Waals surface area contributed by atoms with Crippen molar-refractivity contribution < 1.29 is 18.9 Å². The highest BCUT2D eigenvalue weighted by Crippen LogP contribution is 2.46. The molecule has 0 amide bonds. The summed E-state index contributed by atoms with van der Waals surface area (Å²) >= 11 is 6.69. The van der Waals surface area contributed by atoms with Crippen LogP contribution >= 0.6 is 11.6 Å². The zero-order valence-electron chi connectivity index (χ0n) is 12.1. The van der Waals surface area contributed by atoms with Gasteiger partial charge >= 0.3 is 0 Å². The average Bonchev–Trinajstić information content (AvgIpc) is 2.53. The van der Waals surface area contributed by atoms with Crippen LogP contribution < -0.4 is 14.2 Å². The van der Waals surface area contributed by atoms with Crippen LogP contribution in [0.2, 0.25) is 0 Å². The quantitative estimate of drug-likeness (QED) is 0.781. The van der Waals surface area contributed by atoms with Crippen LogP contribution in [-0.4, -0.2) is 34.5 Å². The zero-order chi connectivity index (χ0) is 14.5. The number of ether oxygens (including phenoxy) is 4. The molecule has 20 heavy (non-hydrogen) atoms. The van der Waals surface area contributed by atoms with Gasteiger partial charge in [-0.15, -0.1) is 11.6 Å². The smallest absolute Gasteiger partial charge is 0.130 e. The van der Waals surface area contributed by atoms with Crippen LogP contribution in [0.1, 0.15) is 23.8 Å². The average molecular weight is 301 g/mol. The minimum Gasteiger partial charge on any atom is -0.496 e. The predicted octanol–water partition coefficient (Wildman–Crippen LogP) is 3.42. The number of hydrogen-bond donors (Lipinski definition) is 0. The normalized spacial score (nSPS) is 17.6. The van der Waals surface area contributed by atoms with Crippen LogP contribution in [-0.2, 0) is 4.74 Å². The molecule has 0 aliphatic carbocycles. The second kappa shape index (κ2) is 7.04. The summed E-state index contributed by atoms with van der Waals surface area (Å²) in [5, 5.41) is -0.158. The maximum atomic E-state index is 6.69. The molecule has 0 bridgehead atoms. The molecule has 1 fully saturated rings. The third-order valence-corrected chi connectivity index (χ3v) is 4.28. The molecular weight excluding hydrogens is 280 g/mol. The zero-order valence-corrected chi connectivity index (χ0v) is 12.9. The number of hydrogen-bond acceptors (Lipinski definition) is 4. The first-order valence-corrected chi connectivity index (χ1v) is 7.16. The molecule has 1 aliphatic heterocycles. The van der Waals surface area contributed by atoms with Crippen LogP contribution in [0.25, 0.3) is 0 Å². The first-order valence-electron chi connectivity index (χ1n) is 6.73. The van der Waals surface area contributed by atoms with Gasteiger partial charge in [0.1, 0.15) is 17.2 Å². The lowest BCUT2D eigenvalue weighted by Gasteiger charge is -2.28. The van der Waals surface area contributed by atoms with Crippen molar-refractivity contribution in [3.63, 3.8) is 0 Å². The van der Waals surface area contributed by atoms with E-state index in [-0.39, 0.29) is 5.38 Å². The van der Waals surface area contributed by atoms with Gasteiger partial charge in [0.2, 0.25) is 0 Å². The van der Waals surface area contributed by atoms with E-state index in [0.717, 1.165) is 31.6 Å². The Bertz CT molecular complexity index is 418. The molecule has 1 atom stereocenters. The number of rotatable bonds is 5. The summed E-state index contributed by atoms with van der Waals surface area (Å²) in [5.74, 6) is 2.46. The molecular formula is C15H21ClO4. The molecule has 1 aromatic rings. The Balaban J connectivity index is 2.36. The number of benzene rings is 1. The standard InChI is InChI=1S/C15H21ClO4/c1-17-11-8-12(18-2)14(13(9-11)19-3)15(16)10-4-6-20-7-5-10/h8-10,15H,4-7H2,1-3H3. The van der Waals surface area contributed by atoms with Crippen LogP contribution in [0.5, 0.6) is 17.2 Å². The molecule has 1 unspecified atom stereocenters. The molecule has 2 rings (SSSR count). The Morgan fingerprint density at radius 3 is 2.05 bits per heavy atom. The molecule has 4 nitrogen and oxygen atoms in total. The molecule has 1 saturated heterocycles. The molecule has 5 heteroatoms. The van der Waals surface area contributed by atoms with Crippen LogP contribution in [0, 0.1) is 5.92 Å². The highest BCUT2D eigenvalue weighted by Gasteiger charge is 2.29. The monoisotopic (exact) mass is 300 g/mol. The first-order chi connectivity index (χ1) is 9.71. The van der Waals surface area contributed by atoms with Crippen molar-refractivity contribution >= 4 is 11.6 Å². The van der Waals surface area contributed by atoms with Crippen LogP contribution in [0.15, 0.2) is 12.1 Å². The summed E-state index contributed by atoms with van der Waals surface area (Å²) < 4.78 is 21.6. The fraction of sp³-hybridized carbons (Fsp3) is 0.600. The third kappa shape index (κ3) is 3.13. The van der Waals surface area contributed by atoms with Crippen molar-refractivity contribution in [2.24, 2.45) is 5.92 Å². The lowest BCUT2D eigenvalue weighted by Crippen LogP contribution is -2.20. The van der Waals surface area contributed by atoms with Gasteiger partial charge in [0.25, 0.3) is 0 Å². The number of methoxy groups -OCH3 is 3. The molecule has 0 radical (unpaired) electrons. The van der Waals surface area contributed by atoms with Gasteiger partial charge in [-0.25, -0.2) is 0 Å². The van der Waals surface area contributed by atoms with Gasteiger partial charge in [0.15, 0.2) is 0 Å². The third-order valence-electron chi connectivity index (χ3n) is 3.71. The van der Waals surface area contributed by atoms with Crippen molar-refractivity contribution in [1.82, 2.24) is 0 Å². The maximum absolute atomic E-state index is 6.69. The van der Waals surface area contributed by atoms with Crippen molar-refractivity contribution in [1.29, 1.82) is 0 Å². The SMILES string of the molecule is COc1cc(OC)c(C(Cl)C2CCOCC2)c(OC)c1. The molecule has 1 aromatic carbocycles. The Hall–Kier alpha value is -1.13. The van der Waals surface area contributed by atoms with Gasteiger partial charge in [-0.1, -0.05) is 0 Å².